The first-order valence-corrected chi connectivity index (χ1v) is 9.43. The molecule has 0 amide bonds. The lowest BCUT2D eigenvalue weighted by atomic mass is 10.1. The Morgan fingerprint density at radius 1 is 1.12 bits per heavy atom. The maximum Gasteiger partial charge on any atom is 0.374 e. The van der Waals surface area contributed by atoms with Gasteiger partial charge in [-0.1, -0.05) is 29.6 Å². The van der Waals surface area contributed by atoms with Crippen LogP contribution in [0.25, 0.3) is 0 Å². The fourth-order valence-corrected chi connectivity index (χ4v) is 3.16. The van der Waals surface area contributed by atoms with Crippen molar-refractivity contribution >= 4 is 29.2 Å². The van der Waals surface area contributed by atoms with Crippen molar-refractivity contribution in [3.63, 3.8) is 0 Å². The Balaban J connectivity index is 1.46. The van der Waals surface area contributed by atoms with Crippen molar-refractivity contribution < 1.29 is 18.7 Å². The second kappa shape index (κ2) is 9.31. The zero-order chi connectivity index (χ0) is 18.4. The van der Waals surface area contributed by atoms with Crippen LogP contribution in [0, 0.1) is 0 Å². The van der Waals surface area contributed by atoms with Crippen molar-refractivity contribution in [2.24, 2.45) is 0 Å². The van der Waals surface area contributed by atoms with Gasteiger partial charge in [0.05, 0.1) is 5.02 Å². The highest BCUT2D eigenvalue weighted by Gasteiger charge is 2.15. The van der Waals surface area contributed by atoms with Gasteiger partial charge >= 0.3 is 5.97 Å². The summed E-state index contributed by atoms with van der Waals surface area (Å²) in [4.78, 5) is 14.4. The van der Waals surface area contributed by atoms with Crippen molar-refractivity contribution in [3.05, 3.63) is 51.9 Å². The van der Waals surface area contributed by atoms with Crippen LogP contribution in [0.1, 0.15) is 35.6 Å². The first-order valence-electron chi connectivity index (χ1n) is 8.68. The molecule has 140 valence electrons. The Labute approximate surface area is 162 Å². The average Bonchev–Trinajstić information content (AvgIpc) is 3.12. The van der Waals surface area contributed by atoms with Gasteiger partial charge in [0.25, 0.3) is 0 Å². The Morgan fingerprint density at radius 2 is 1.92 bits per heavy atom. The van der Waals surface area contributed by atoms with Gasteiger partial charge in [-0.3, -0.25) is 4.90 Å². The number of ether oxygens (including phenoxy) is 2. The number of esters is 1. The number of nitrogens with zero attached hydrogens (tertiary/aromatic N) is 1. The summed E-state index contributed by atoms with van der Waals surface area (Å²) < 4.78 is 16.4. The topological polar surface area (TPSA) is 51.9 Å². The lowest BCUT2D eigenvalue weighted by Gasteiger charge is -2.25. The number of carbonyl (C=O) groups excluding carboxylic acids is 1. The summed E-state index contributed by atoms with van der Waals surface area (Å²) >= 11 is 12.0. The van der Waals surface area contributed by atoms with Gasteiger partial charge in [-0.05, 0) is 50.2 Å². The molecule has 5 nitrogen and oxygen atoms in total. The molecule has 1 saturated heterocycles. The monoisotopic (exact) mass is 397 g/mol. The van der Waals surface area contributed by atoms with E-state index in [9.17, 15) is 4.79 Å². The maximum absolute atomic E-state index is 12.1. The minimum absolute atomic E-state index is 0.140. The van der Waals surface area contributed by atoms with E-state index in [-0.39, 0.29) is 12.4 Å². The molecule has 0 spiro atoms. The molecule has 0 bridgehead atoms. The van der Waals surface area contributed by atoms with E-state index in [0.29, 0.717) is 28.2 Å². The zero-order valence-electron chi connectivity index (χ0n) is 14.4. The molecule has 1 aromatic carbocycles. The summed E-state index contributed by atoms with van der Waals surface area (Å²) in [7, 11) is 0. The van der Waals surface area contributed by atoms with E-state index >= 15 is 0 Å². The number of furan rings is 1. The van der Waals surface area contributed by atoms with Crippen LogP contribution in [0.5, 0.6) is 5.75 Å². The first-order chi connectivity index (χ1) is 12.6. The molecule has 1 aliphatic heterocycles. The van der Waals surface area contributed by atoms with Crippen LogP contribution in [-0.4, -0.2) is 37.1 Å². The number of hydrogen-bond acceptors (Lipinski definition) is 5. The molecule has 0 atom stereocenters. The molecule has 0 N–H and O–H groups in total. The van der Waals surface area contributed by atoms with E-state index in [1.165, 1.54) is 19.3 Å². The molecule has 0 radical (unpaired) electrons. The molecule has 7 heteroatoms. The number of benzene rings is 1. The van der Waals surface area contributed by atoms with Crippen molar-refractivity contribution in [1.29, 1.82) is 0 Å². The highest BCUT2D eigenvalue weighted by molar-refractivity contribution is 6.34. The van der Waals surface area contributed by atoms with E-state index in [0.717, 1.165) is 19.6 Å². The molecular weight excluding hydrogens is 377 g/mol. The van der Waals surface area contributed by atoms with Crippen LogP contribution in [0.4, 0.5) is 0 Å². The van der Waals surface area contributed by atoms with Gasteiger partial charge in [-0.15, -0.1) is 0 Å². The van der Waals surface area contributed by atoms with Crippen LogP contribution in [-0.2, 0) is 11.3 Å². The number of halogens is 2. The van der Waals surface area contributed by atoms with Crippen molar-refractivity contribution in [1.82, 2.24) is 4.90 Å². The second-order valence-corrected chi connectivity index (χ2v) is 7.01. The number of carbonyl (C=O) groups is 1. The maximum atomic E-state index is 12.1. The quantitative estimate of drug-likeness (QED) is 0.627. The van der Waals surface area contributed by atoms with E-state index in [1.807, 2.05) is 0 Å². The Morgan fingerprint density at radius 3 is 2.73 bits per heavy atom. The van der Waals surface area contributed by atoms with Gasteiger partial charge in [0, 0.05) is 17.6 Å². The van der Waals surface area contributed by atoms with Crippen molar-refractivity contribution in [2.75, 3.05) is 26.2 Å². The van der Waals surface area contributed by atoms with Gasteiger partial charge < -0.3 is 13.9 Å². The third-order valence-corrected chi connectivity index (χ3v) is 4.76. The van der Waals surface area contributed by atoms with Crippen molar-refractivity contribution in [3.8, 4) is 5.75 Å². The highest BCUT2D eigenvalue weighted by atomic mass is 35.5. The van der Waals surface area contributed by atoms with Gasteiger partial charge in [0.15, 0.2) is 0 Å². The Bertz CT molecular complexity index is 741. The predicted molar refractivity (Wildman–Crippen MR) is 100 cm³/mol. The summed E-state index contributed by atoms with van der Waals surface area (Å²) in [5, 5.41) is 0.986. The molecule has 0 saturated carbocycles. The first kappa shape index (κ1) is 19.1. The standard InChI is InChI=1S/C19H21Cl2NO4/c20-14-4-6-16(21)18(12-14)25-13-15-5-7-17(26-15)19(23)24-11-10-22-8-2-1-3-9-22/h4-7,12H,1-3,8-11,13H2. The van der Waals surface area contributed by atoms with E-state index in [1.54, 1.807) is 30.3 Å². The predicted octanol–water partition coefficient (Wildman–Crippen LogP) is 4.81. The largest absolute Gasteiger partial charge is 0.484 e. The van der Waals surface area contributed by atoms with Gasteiger partial charge in [-0.25, -0.2) is 4.79 Å². The van der Waals surface area contributed by atoms with E-state index in [2.05, 4.69) is 4.90 Å². The lowest BCUT2D eigenvalue weighted by molar-refractivity contribution is 0.0413. The van der Waals surface area contributed by atoms with Crippen LogP contribution in [0.3, 0.4) is 0 Å². The second-order valence-electron chi connectivity index (χ2n) is 6.17. The van der Waals surface area contributed by atoms with E-state index in [4.69, 9.17) is 37.1 Å². The highest BCUT2D eigenvalue weighted by Crippen LogP contribution is 2.28. The number of likely N-dealkylation sites (tertiary alicyclic amines) is 1. The Hall–Kier alpha value is -1.69. The average molecular weight is 398 g/mol. The fraction of sp³-hybridized carbons (Fsp3) is 0.421. The molecule has 1 aliphatic rings. The summed E-state index contributed by atoms with van der Waals surface area (Å²) in [5.41, 5.74) is 0. The summed E-state index contributed by atoms with van der Waals surface area (Å²) in [6, 6.07) is 8.23. The fourth-order valence-electron chi connectivity index (χ4n) is 2.82. The number of rotatable bonds is 7. The van der Waals surface area contributed by atoms with Crippen LogP contribution in [0.15, 0.2) is 34.7 Å². The zero-order valence-corrected chi connectivity index (χ0v) is 15.9. The van der Waals surface area contributed by atoms with Crippen LogP contribution >= 0.6 is 23.2 Å². The molecule has 0 aliphatic carbocycles. The summed E-state index contributed by atoms with van der Waals surface area (Å²) in [6.07, 6.45) is 3.71. The minimum Gasteiger partial charge on any atom is -0.484 e. The summed E-state index contributed by atoms with van der Waals surface area (Å²) in [6.45, 7) is 3.41. The van der Waals surface area contributed by atoms with Gasteiger partial charge in [0.1, 0.15) is 24.7 Å². The van der Waals surface area contributed by atoms with Gasteiger partial charge in [-0.2, -0.15) is 0 Å². The minimum atomic E-state index is -0.464. The summed E-state index contributed by atoms with van der Waals surface area (Å²) in [5.74, 6) is 0.665. The normalized spacial score (nSPS) is 15.0. The molecule has 3 rings (SSSR count). The third-order valence-electron chi connectivity index (χ3n) is 4.22. The lowest BCUT2D eigenvalue weighted by Crippen LogP contribution is -2.33. The van der Waals surface area contributed by atoms with Crippen LogP contribution < -0.4 is 4.74 Å². The van der Waals surface area contributed by atoms with E-state index < -0.39 is 5.97 Å². The SMILES string of the molecule is O=C(OCCN1CCCCC1)c1ccc(COc2cc(Cl)ccc2Cl)o1. The Kier molecular flexibility index (Phi) is 6.83. The van der Waals surface area contributed by atoms with Crippen LogP contribution in [0.2, 0.25) is 10.0 Å². The van der Waals surface area contributed by atoms with Crippen molar-refractivity contribution in [2.45, 2.75) is 25.9 Å². The van der Waals surface area contributed by atoms with Gasteiger partial charge in [0.2, 0.25) is 5.76 Å². The molecule has 2 aromatic rings. The molecule has 0 unspecified atom stereocenters. The smallest absolute Gasteiger partial charge is 0.374 e. The third kappa shape index (κ3) is 5.40. The molecule has 26 heavy (non-hydrogen) atoms. The number of piperidine rings is 1. The molecule has 2 heterocycles. The molecular formula is C19H21Cl2NO4. The molecule has 1 aromatic heterocycles. The molecule has 1 fully saturated rings. The number of hydrogen-bond donors (Lipinski definition) is 0.